The monoisotopic (exact) mass is 207 g/mol. The first-order valence-electron chi connectivity index (χ1n) is 5.70. The van der Waals surface area contributed by atoms with Crippen LogP contribution < -0.4 is 0 Å². The van der Waals surface area contributed by atoms with Crippen molar-refractivity contribution < 1.29 is 5.11 Å². The fraction of sp³-hybridized carbons (Fsp3) is 0.538. The van der Waals surface area contributed by atoms with Gasteiger partial charge in [0.15, 0.2) is 0 Å². The largest absolute Gasteiger partial charge is 0.395 e. The van der Waals surface area contributed by atoms with E-state index in [1.807, 2.05) is 18.2 Å². The summed E-state index contributed by atoms with van der Waals surface area (Å²) in [6, 6.07) is 10.6. The lowest BCUT2D eigenvalue weighted by Crippen LogP contribution is -2.39. The normalized spacial score (nSPS) is 13.1. The molecule has 0 unspecified atom stereocenters. The fourth-order valence-electron chi connectivity index (χ4n) is 1.94. The number of benzene rings is 1. The van der Waals surface area contributed by atoms with Gasteiger partial charge in [0.25, 0.3) is 0 Å². The maximum absolute atomic E-state index is 9.38. The molecule has 0 aromatic heterocycles. The highest BCUT2D eigenvalue weighted by atomic mass is 16.3. The Kier molecular flexibility index (Phi) is 5.37. The first kappa shape index (κ1) is 12.2. The highest BCUT2D eigenvalue weighted by Gasteiger charge is 2.14. The van der Waals surface area contributed by atoms with Gasteiger partial charge in [-0.05, 0) is 25.1 Å². The molecule has 1 N–H and O–H groups in total. The third kappa shape index (κ3) is 3.65. The summed E-state index contributed by atoms with van der Waals surface area (Å²) < 4.78 is 0. The van der Waals surface area contributed by atoms with E-state index in [1.54, 1.807) is 0 Å². The second-order valence-electron chi connectivity index (χ2n) is 3.75. The Hall–Kier alpha value is -0.860. The van der Waals surface area contributed by atoms with E-state index >= 15 is 0 Å². The quantitative estimate of drug-likeness (QED) is 0.770. The lowest BCUT2D eigenvalue weighted by Gasteiger charge is -2.28. The number of hydrogen-bond acceptors (Lipinski definition) is 2. The maximum atomic E-state index is 9.38. The molecule has 0 saturated carbocycles. The predicted octanol–water partition coefficient (Wildman–Crippen LogP) is 1.93. The van der Waals surface area contributed by atoms with E-state index in [-0.39, 0.29) is 12.6 Å². The van der Waals surface area contributed by atoms with Crippen LogP contribution in [0.15, 0.2) is 30.3 Å². The summed E-state index contributed by atoms with van der Waals surface area (Å²) in [4.78, 5) is 2.30. The first-order valence-corrected chi connectivity index (χ1v) is 5.70. The molecule has 0 saturated heterocycles. The van der Waals surface area contributed by atoms with Crippen molar-refractivity contribution in [2.45, 2.75) is 26.3 Å². The Morgan fingerprint density at radius 2 is 1.73 bits per heavy atom. The van der Waals surface area contributed by atoms with Gasteiger partial charge in [0.05, 0.1) is 6.61 Å². The summed E-state index contributed by atoms with van der Waals surface area (Å²) in [6.07, 6.45) is 0.930. The van der Waals surface area contributed by atoms with Crippen molar-refractivity contribution in [1.82, 2.24) is 4.90 Å². The molecular weight excluding hydrogens is 186 g/mol. The van der Waals surface area contributed by atoms with Crippen LogP contribution in [0.2, 0.25) is 0 Å². The van der Waals surface area contributed by atoms with Gasteiger partial charge in [-0.2, -0.15) is 0 Å². The molecular formula is C13H21NO. The van der Waals surface area contributed by atoms with Crippen LogP contribution in [-0.2, 0) is 6.42 Å². The average molecular weight is 207 g/mol. The van der Waals surface area contributed by atoms with E-state index < -0.39 is 0 Å². The standard InChI is InChI=1S/C13H21NO/c1-3-14(4-2)13(11-15)10-12-8-6-5-7-9-12/h5-9,13,15H,3-4,10-11H2,1-2H3/t13-/m1/s1. The maximum Gasteiger partial charge on any atom is 0.0590 e. The number of aliphatic hydroxyl groups is 1. The number of nitrogens with zero attached hydrogens (tertiary/aromatic N) is 1. The first-order chi connectivity index (χ1) is 7.31. The minimum Gasteiger partial charge on any atom is -0.395 e. The van der Waals surface area contributed by atoms with Crippen LogP contribution in [0.4, 0.5) is 0 Å². The predicted molar refractivity (Wildman–Crippen MR) is 63.9 cm³/mol. The molecule has 1 aromatic carbocycles. The molecule has 84 valence electrons. The van der Waals surface area contributed by atoms with Crippen LogP contribution in [0.5, 0.6) is 0 Å². The highest BCUT2D eigenvalue weighted by Crippen LogP contribution is 2.08. The molecule has 0 aliphatic rings. The molecule has 1 atom stereocenters. The molecule has 2 nitrogen and oxygen atoms in total. The third-order valence-corrected chi connectivity index (χ3v) is 2.85. The van der Waals surface area contributed by atoms with E-state index in [4.69, 9.17) is 0 Å². The smallest absolute Gasteiger partial charge is 0.0590 e. The Morgan fingerprint density at radius 1 is 1.13 bits per heavy atom. The van der Waals surface area contributed by atoms with Crippen molar-refractivity contribution in [3.05, 3.63) is 35.9 Å². The van der Waals surface area contributed by atoms with Crippen molar-refractivity contribution in [2.75, 3.05) is 19.7 Å². The minimum absolute atomic E-state index is 0.233. The van der Waals surface area contributed by atoms with Gasteiger partial charge in [-0.25, -0.2) is 0 Å². The van der Waals surface area contributed by atoms with Gasteiger partial charge in [0, 0.05) is 6.04 Å². The SMILES string of the molecule is CCN(CC)[C@@H](CO)Cc1ccccc1. The summed E-state index contributed by atoms with van der Waals surface area (Å²) >= 11 is 0. The second-order valence-corrected chi connectivity index (χ2v) is 3.75. The van der Waals surface area contributed by atoms with Gasteiger partial charge in [-0.3, -0.25) is 4.90 Å². The van der Waals surface area contributed by atoms with Gasteiger partial charge in [-0.1, -0.05) is 44.2 Å². The van der Waals surface area contributed by atoms with E-state index in [0.29, 0.717) is 0 Å². The Bertz CT molecular complexity index is 256. The summed E-state index contributed by atoms with van der Waals surface area (Å²) in [6.45, 7) is 6.49. The summed E-state index contributed by atoms with van der Waals surface area (Å²) in [7, 11) is 0. The summed E-state index contributed by atoms with van der Waals surface area (Å²) in [5, 5.41) is 9.38. The van der Waals surface area contributed by atoms with Crippen LogP contribution in [0, 0.1) is 0 Å². The van der Waals surface area contributed by atoms with Crippen LogP contribution >= 0.6 is 0 Å². The van der Waals surface area contributed by atoms with Gasteiger partial charge >= 0.3 is 0 Å². The lowest BCUT2D eigenvalue weighted by atomic mass is 10.1. The molecule has 0 fully saturated rings. The van der Waals surface area contributed by atoms with E-state index in [2.05, 4.69) is 30.9 Å². The van der Waals surface area contributed by atoms with Crippen molar-refractivity contribution in [1.29, 1.82) is 0 Å². The third-order valence-electron chi connectivity index (χ3n) is 2.85. The molecule has 0 aliphatic carbocycles. The van der Waals surface area contributed by atoms with Crippen molar-refractivity contribution in [3.63, 3.8) is 0 Å². The van der Waals surface area contributed by atoms with Crippen molar-refractivity contribution in [3.8, 4) is 0 Å². The number of rotatable bonds is 6. The van der Waals surface area contributed by atoms with Crippen molar-refractivity contribution in [2.24, 2.45) is 0 Å². The van der Waals surface area contributed by atoms with Crippen LogP contribution in [0.1, 0.15) is 19.4 Å². The molecule has 1 aromatic rings. The molecule has 1 rings (SSSR count). The fourth-order valence-corrected chi connectivity index (χ4v) is 1.94. The average Bonchev–Trinajstić information content (AvgIpc) is 2.30. The van der Waals surface area contributed by atoms with Gasteiger partial charge in [0.2, 0.25) is 0 Å². The van der Waals surface area contributed by atoms with Crippen LogP contribution in [0.25, 0.3) is 0 Å². The van der Waals surface area contributed by atoms with Gasteiger partial charge in [-0.15, -0.1) is 0 Å². The lowest BCUT2D eigenvalue weighted by molar-refractivity contribution is 0.133. The van der Waals surface area contributed by atoms with E-state index in [1.165, 1.54) is 5.56 Å². The molecule has 0 heterocycles. The molecule has 0 spiro atoms. The second kappa shape index (κ2) is 6.59. The Balaban J connectivity index is 2.61. The zero-order valence-electron chi connectivity index (χ0n) is 9.69. The molecule has 0 aliphatic heterocycles. The number of hydrogen-bond donors (Lipinski definition) is 1. The van der Waals surface area contributed by atoms with Crippen LogP contribution in [0.3, 0.4) is 0 Å². The van der Waals surface area contributed by atoms with E-state index in [9.17, 15) is 5.11 Å². The van der Waals surface area contributed by atoms with Gasteiger partial charge < -0.3 is 5.11 Å². The van der Waals surface area contributed by atoms with Crippen molar-refractivity contribution >= 4 is 0 Å². The number of likely N-dealkylation sites (N-methyl/N-ethyl adjacent to an activating group) is 1. The summed E-state index contributed by atoms with van der Waals surface area (Å²) in [5.74, 6) is 0. The Labute approximate surface area is 92.5 Å². The Morgan fingerprint density at radius 3 is 2.20 bits per heavy atom. The zero-order valence-corrected chi connectivity index (χ0v) is 9.69. The number of aliphatic hydroxyl groups excluding tert-OH is 1. The van der Waals surface area contributed by atoms with E-state index in [0.717, 1.165) is 19.5 Å². The highest BCUT2D eigenvalue weighted by molar-refractivity contribution is 5.15. The minimum atomic E-state index is 0.233. The summed E-state index contributed by atoms with van der Waals surface area (Å²) in [5.41, 5.74) is 1.29. The zero-order chi connectivity index (χ0) is 11.1. The molecule has 15 heavy (non-hydrogen) atoms. The topological polar surface area (TPSA) is 23.5 Å². The van der Waals surface area contributed by atoms with Crippen LogP contribution in [-0.4, -0.2) is 35.7 Å². The molecule has 0 bridgehead atoms. The van der Waals surface area contributed by atoms with Gasteiger partial charge in [0.1, 0.15) is 0 Å². The molecule has 0 radical (unpaired) electrons. The molecule has 0 amide bonds. The molecule has 2 heteroatoms.